The summed E-state index contributed by atoms with van der Waals surface area (Å²) in [5.74, 6) is 0.0580. The Labute approximate surface area is 97.2 Å². The summed E-state index contributed by atoms with van der Waals surface area (Å²) in [7, 11) is 0. The first-order chi connectivity index (χ1) is 7.68. The standard InChI is InChI=1S/C11H14F2O2S/c12-11(13)8-15-6-5-9(14)3-4-10-2-1-7-16-10/h1-2,7,11H,3-6,8H2. The zero-order valence-corrected chi connectivity index (χ0v) is 9.64. The minimum atomic E-state index is -2.46. The summed E-state index contributed by atoms with van der Waals surface area (Å²) in [4.78, 5) is 12.5. The molecule has 0 fully saturated rings. The van der Waals surface area contributed by atoms with E-state index in [4.69, 9.17) is 0 Å². The fourth-order valence-corrected chi connectivity index (χ4v) is 1.91. The lowest BCUT2D eigenvalue weighted by molar-refractivity contribution is -0.120. The lowest BCUT2D eigenvalue weighted by Crippen LogP contribution is -2.09. The first-order valence-corrected chi connectivity index (χ1v) is 5.96. The smallest absolute Gasteiger partial charge is 0.261 e. The Balaban J connectivity index is 2.03. The summed E-state index contributed by atoms with van der Waals surface area (Å²) in [5, 5.41) is 1.96. The highest BCUT2D eigenvalue weighted by Gasteiger charge is 2.05. The van der Waals surface area contributed by atoms with Crippen molar-refractivity contribution in [1.29, 1.82) is 0 Å². The molecule has 1 aromatic rings. The quantitative estimate of drug-likeness (QED) is 0.661. The molecule has 0 amide bonds. The van der Waals surface area contributed by atoms with E-state index >= 15 is 0 Å². The van der Waals surface area contributed by atoms with E-state index < -0.39 is 13.0 Å². The second-order valence-electron chi connectivity index (χ2n) is 3.33. The number of rotatable bonds is 8. The van der Waals surface area contributed by atoms with Crippen LogP contribution in [0.3, 0.4) is 0 Å². The fraction of sp³-hybridized carbons (Fsp3) is 0.545. The molecule has 2 nitrogen and oxygen atoms in total. The van der Waals surface area contributed by atoms with E-state index in [9.17, 15) is 13.6 Å². The van der Waals surface area contributed by atoms with Crippen molar-refractivity contribution in [3.05, 3.63) is 22.4 Å². The van der Waals surface area contributed by atoms with Gasteiger partial charge >= 0.3 is 0 Å². The van der Waals surface area contributed by atoms with Crippen molar-refractivity contribution in [2.24, 2.45) is 0 Å². The van der Waals surface area contributed by atoms with Crippen molar-refractivity contribution in [1.82, 2.24) is 0 Å². The largest absolute Gasteiger partial charge is 0.375 e. The lowest BCUT2D eigenvalue weighted by Gasteiger charge is -2.02. The molecule has 0 aromatic carbocycles. The summed E-state index contributed by atoms with van der Waals surface area (Å²) < 4.78 is 28.0. The number of halogens is 2. The SMILES string of the molecule is O=C(CCOCC(F)F)CCc1cccs1. The Morgan fingerprint density at radius 3 is 2.88 bits per heavy atom. The molecule has 1 aromatic heterocycles. The van der Waals surface area contributed by atoms with E-state index in [0.717, 1.165) is 6.42 Å². The molecule has 5 heteroatoms. The second kappa shape index (κ2) is 7.46. The molecule has 0 bridgehead atoms. The third-order valence-electron chi connectivity index (χ3n) is 2.00. The van der Waals surface area contributed by atoms with Crippen molar-refractivity contribution in [3.8, 4) is 0 Å². The highest BCUT2D eigenvalue weighted by molar-refractivity contribution is 7.09. The molecule has 0 saturated carbocycles. The number of hydrogen-bond donors (Lipinski definition) is 0. The number of ketones is 1. The number of aryl methyl sites for hydroxylation is 1. The van der Waals surface area contributed by atoms with Gasteiger partial charge in [0.15, 0.2) is 0 Å². The highest BCUT2D eigenvalue weighted by Crippen LogP contribution is 2.11. The maximum atomic E-state index is 11.7. The lowest BCUT2D eigenvalue weighted by atomic mass is 10.1. The van der Waals surface area contributed by atoms with Gasteiger partial charge in [-0.3, -0.25) is 4.79 Å². The van der Waals surface area contributed by atoms with Crippen LogP contribution in [0.5, 0.6) is 0 Å². The maximum Gasteiger partial charge on any atom is 0.261 e. The zero-order chi connectivity index (χ0) is 11.8. The molecule has 0 N–H and O–H groups in total. The van der Waals surface area contributed by atoms with Gasteiger partial charge in [-0.2, -0.15) is 0 Å². The van der Waals surface area contributed by atoms with Gasteiger partial charge in [-0.05, 0) is 17.9 Å². The minimum absolute atomic E-state index is 0.0580. The number of Topliss-reactive ketones (excluding diaryl/α,β-unsaturated/α-hetero) is 1. The number of alkyl halides is 2. The molecule has 0 aliphatic carbocycles. The van der Waals surface area contributed by atoms with Gasteiger partial charge < -0.3 is 4.74 Å². The van der Waals surface area contributed by atoms with Crippen molar-refractivity contribution < 1.29 is 18.3 Å². The van der Waals surface area contributed by atoms with Crippen molar-refractivity contribution in [2.45, 2.75) is 25.7 Å². The van der Waals surface area contributed by atoms with Gasteiger partial charge in [0.05, 0.1) is 6.61 Å². The van der Waals surface area contributed by atoms with E-state index in [2.05, 4.69) is 4.74 Å². The third-order valence-corrected chi connectivity index (χ3v) is 2.94. The minimum Gasteiger partial charge on any atom is -0.375 e. The zero-order valence-electron chi connectivity index (χ0n) is 8.83. The normalized spacial score (nSPS) is 10.9. The monoisotopic (exact) mass is 248 g/mol. The van der Waals surface area contributed by atoms with Crippen LogP contribution in [0.15, 0.2) is 17.5 Å². The molecule has 1 heterocycles. The van der Waals surface area contributed by atoms with E-state index in [1.165, 1.54) is 4.88 Å². The number of ether oxygens (including phenoxy) is 1. The second-order valence-corrected chi connectivity index (χ2v) is 4.37. The van der Waals surface area contributed by atoms with E-state index in [0.29, 0.717) is 6.42 Å². The average molecular weight is 248 g/mol. The molecular weight excluding hydrogens is 234 g/mol. The van der Waals surface area contributed by atoms with Crippen LogP contribution in [0.25, 0.3) is 0 Å². The molecule has 0 saturated heterocycles. The summed E-state index contributed by atoms with van der Waals surface area (Å²) >= 11 is 1.61. The van der Waals surface area contributed by atoms with Crippen LogP contribution in [-0.4, -0.2) is 25.4 Å². The van der Waals surface area contributed by atoms with Crippen LogP contribution in [0.2, 0.25) is 0 Å². The van der Waals surface area contributed by atoms with Crippen LogP contribution in [0.1, 0.15) is 17.7 Å². The van der Waals surface area contributed by atoms with Crippen LogP contribution < -0.4 is 0 Å². The fourth-order valence-electron chi connectivity index (χ4n) is 1.20. The molecule has 1 rings (SSSR count). The number of thiophene rings is 1. The van der Waals surface area contributed by atoms with Gasteiger partial charge in [0.1, 0.15) is 12.4 Å². The maximum absolute atomic E-state index is 11.7. The van der Waals surface area contributed by atoms with Gasteiger partial charge in [0.2, 0.25) is 0 Å². The van der Waals surface area contributed by atoms with Crippen LogP contribution in [-0.2, 0) is 16.0 Å². The van der Waals surface area contributed by atoms with Crippen molar-refractivity contribution >= 4 is 17.1 Å². The summed E-state index contributed by atoms with van der Waals surface area (Å²) in [6.07, 6.45) is -1.05. The molecule has 0 spiro atoms. The molecule has 0 aliphatic rings. The Kier molecular flexibility index (Phi) is 6.18. The number of carbonyl (C=O) groups is 1. The van der Waals surface area contributed by atoms with Crippen molar-refractivity contribution in [3.63, 3.8) is 0 Å². The first kappa shape index (κ1) is 13.3. The van der Waals surface area contributed by atoms with Crippen LogP contribution in [0, 0.1) is 0 Å². The van der Waals surface area contributed by atoms with E-state index in [1.54, 1.807) is 11.3 Å². The summed E-state index contributed by atoms with van der Waals surface area (Å²) in [6.45, 7) is -0.494. The summed E-state index contributed by atoms with van der Waals surface area (Å²) in [5.41, 5.74) is 0. The Morgan fingerprint density at radius 1 is 1.44 bits per heavy atom. The van der Waals surface area contributed by atoms with Gasteiger partial charge in [0, 0.05) is 17.7 Å². The van der Waals surface area contributed by atoms with Gasteiger partial charge in [-0.25, -0.2) is 8.78 Å². The molecular formula is C11H14F2O2S. The molecule has 0 aliphatic heterocycles. The predicted octanol–water partition coefficient (Wildman–Crippen LogP) is 2.92. The predicted molar refractivity (Wildman–Crippen MR) is 59.1 cm³/mol. The number of hydrogen-bond acceptors (Lipinski definition) is 3. The molecule has 0 atom stereocenters. The highest BCUT2D eigenvalue weighted by atomic mass is 32.1. The third kappa shape index (κ3) is 5.92. The van der Waals surface area contributed by atoms with E-state index in [-0.39, 0.29) is 18.8 Å². The topological polar surface area (TPSA) is 26.3 Å². The van der Waals surface area contributed by atoms with Crippen LogP contribution in [0.4, 0.5) is 8.78 Å². The molecule has 0 unspecified atom stereocenters. The Bertz CT molecular complexity index is 299. The molecule has 16 heavy (non-hydrogen) atoms. The average Bonchev–Trinajstić information content (AvgIpc) is 2.74. The first-order valence-electron chi connectivity index (χ1n) is 5.08. The molecule has 90 valence electrons. The van der Waals surface area contributed by atoms with Crippen molar-refractivity contribution in [2.75, 3.05) is 13.2 Å². The van der Waals surface area contributed by atoms with Gasteiger partial charge in [-0.15, -0.1) is 11.3 Å². The molecule has 0 radical (unpaired) electrons. The Morgan fingerprint density at radius 2 is 2.25 bits per heavy atom. The van der Waals surface area contributed by atoms with Gasteiger partial charge in [0.25, 0.3) is 6.43 Å². The Hall–Kier alpha value is -0.810. The number of carbonyl (C=O) groups excluding carboxylic acids is 1. The van der Waals surface area contributed by atoms with E-state index in [1.807, 2.05) is 17.5 Å². The summed E-state index contributed by atoms with van der Waals surface area (Å²) in [6, 6.07) is 3.92. The van der Waals surface area contributed by atoms with Gasteiger partial charge in [-0.1, -0.05) is 6.07 Å². The van der Waals surface area contributed by atoms with Crippen LogP contribution >= 0.6 is 11.3 Å².